The predicted octanol–water partition coefficient (Wildman–Crippen LogP) is 3.22. The molecule has 13 heteroatoms. The smallest absolute Gasteiger partial charge is 0.349 e. The molecule has 25 heavy (non-hydrogen) atoms. The molecule has 0 spiro atoms. The van der Waals surface area contributed by atoms with Crippen molar-refractivity contribution in [3.63, 3.8) is 0 Å². The fourth-order valence-corrected chi connectivity index (χ4v) is 2.41. The van der Waals surface area contributed by atoms with Gasteiger partial charge in [-0.05, 0) is 0 Å². The van der Waals surface area contributed by atoms with Crippen LogP contribution in [-0.2, 0) is 0 Å². The summed E-state index contributed by atoms with van der Waals surface area (Å²) in [6.45, 7) is 0. The van der Waals surface area contributed by atoms with Gasteiger partial charge in [-0.25, -0.2) is 0 Å². The lowest BCUT2D eigenvalue weighted by atomic mass is 10.1. The molecule has 126 valence electrons. The number of rotatable bonds is 4. The summed E-state index contributed by atoms with van der Waals surface area (Å²) >= 11 is 0. The minimum Gasteiger partial charge on any atom is -0.456 e. The van der Waals surface area contributed by atoms with Gasteiger partial charge in [-0.3, -0.25) is 40.5 Å². The zero-order valence-corrected chi connectivity index (χ0v) is 11.8. The van der Waals surface area contributed by atoms with Crippen molar-refractivity contribution in [1.29, 1.82) is 0 Å². The van der Waals surface area contributed by atoms with Crippen molar-refractivity contribution in [1.82, 2.24) is 0 Å². The average Bonchev–Trinajstić information content (AvgIpc) is 2.88. The molecule has 3 rings (SSSR count). The maximum absolute atomic E-state index is 11.0. The summed E-state index contributed by atoms with van der Waals surface area (Å²) in [4.78, 5) is 40.0. The van der Waals surface area contributed by atoms with E-state index in [0.717, 1.165) is 24.3 Å². The van der Waals surface area contributed by atoms with Crippen LogP contribution >= 0.6 is 0 Å². The molecular formula is C12H4N4O9. The van der Waals surface area contributed by atoms with Crippen LogP contribution in [0.25, 0.3) is 21.9 Å². The zero-order chi connectivity index (χ0) is 18.5. The summed E-state index contributed by atoms with van der Waals surface area (Å²) in [5.41, 5.74) is -3.66. The number of benzene rings is 2. The van der Waals surface area contributed by atoms with Gasteiger partial charge in [-0.1, -0.05) is 0 Å². The number of hydrogen-bond donors (Lipinski definition) is 0. The molecule has 1 aromatic heterocycles. The molecule has 0 atom stereocenters. The van der Waals surface area contributed by atoms with Crippen molar-refractivity contribution < 1.29 is 24.1 Å². The molecule has 0 aliphatic heterocycles. The Bertz CT molecular complexity index is 1030. The molecule has 1 heterocycles. The van der Waals surface area contributed by atoms with Crippen LogP contribution < -0.4 is 0 Å². The van der Waals surface area contributed by atoms with E-state index in [1.165, 1.54) is 0 Å². The number of fused-ring (bicyclic) bond motifs is 3. The van der Waals surface area contributed by atoms with Gasteiger partial charge in [0.05, 0.1) is 31.8 Å². The van der Waals surface area contributed by atoms with Gasteiger partial charge in [0.1, 0.15) is 11.2 Å². The molecular weight excluding hydrogens is 344 g/mol. The first-order chi connectivity index (χ1) is 11.7. The molecule has 0 aliphatic rings. The Labute approximate surface area is 134 Å². The Morgan fingerprint density at radius 2 is 0.840 bits per heavy atom. The number of nitro groups is 4. The Kier molecular flexibility index (Phi) is 3.26. The third-order valence-electron chi connectivity index (χ3n) is 3.45. The minimum absolute atomic E-state index is 0.00898. The summed E-state index contributed by atoms with van der Waals surface area (Å²) < 4.78 is 5.25. The van der Waals surface area contributed by atoms with Gasteiger partial charge in [0.15, 0.2) is 0 Å². The van der Waals surface area contributed by atoms with E-state index in [0.29, 0.717) is 0 Å². The van der Waals surface area contributed by atoms with Gasteiger partial charge in [0.25, 0.3) is 0 Å². The van der Waals surface area contributed by atoms with E-state index >= 15 is 0 Å². The van der Waals surface area contributed by atoms with E-state index in [4.69, 9.17) is 4.42 Å². The highest BCUT2D eigenvalue weighted by Crippen LogP contribution is 2.41. The highest BCUT2D eigenvalue weighted by atomic mass is 16.6. The van der Waals surface area contributed by atoms with Gasteiger partial charge < -0.3 is 4.42 Å². The predicted molar refractivity (Wildman–Crippen MR) is 80.3 cm³/mol. The highest BCUT2D eigenvalue weighted by molar-refractivity contribution is 6.08. The van der Waals surface area contributed by atoms with Crippen molar-refractivity contribution in [2.75, 3.05) is 0 Å². The van der Waals surface area contributed by atoms with Crippen LogP contribution in [0, 0.1) is 40.5 Å². The number of hydrogen-bond acceptors (Lipinski definition) is 9. The van der Waals surface area contributed by atoms with Crippen molar-refractivity contribution >= 4 is 44.7 Å². The van der Waals surface area contributed by atoms with Crippen LogP contribution in [0.4, 0.5) is 22.7 Å². The third-order valence-corrected chi connectivity index (χ3v) is 3.45. The molecule has 0 amide bonds. The molecule has 0 unspecified atom stereocenters. The summed E-state index contributed by atoms with van der Waals surface area (Å²) in [5.74, 6) is 0. The van der Waals surface area contributed by atoms with E-state index in [1.54, 1.807) is 0 Å². The van der Waals surface area contributed by atoms with Gasteiger partial charge in [0.2, 0.25) is 0 Å². The summed E-state index contributed by atoms with van der Waals surface area (Å²) in [7, 11) is 0. The first-order valence-electron chi connectivity index (χ1n) is 6.32. The van der Waals surface area contributed by atoms with Gasteiger partial charge in [-0.15, -0.1) is 0 Å². The van der Waals surface area contributed by atoms with E-state index in [-0.39, 0.29) is 21.9 Å². The van der Waals surface area contributed by atoms with E-state index < -0.39 is 42.4 Å². The van der Waals surface area contributed by atoms with E-state index in [2.05, 4.69) is 0 Å². The van der Waals surface area contributed by atoms with Crippen molar-refractivity contribution in [2.45, 2.75) is 0 Å². The third kappa shape index (κ3) is 2.35. The Morgan fingerprint density at radius 3 is 1.12 bits per heavy atom. The second-order valence-electron chi connectivity index (χ2n) is 4.80. The molecule has 13 nitrogen and oxygen atoms in total. The molecule has 0 saturated heterocycles. The van der Waals surface area contributed by atoms with Crippen LogP contribution in [0.3, 0.4) is 0 Å². The molecule has 0 bridgehead atoms. The fraction of sp³-hybridized carbons (Fsp3) is 0. The normalized spacial score (nSPS) is 10.9. The minimum atomic E-state index is -0.977. The first-order valence-corrected chi connectivity index (χ1v) is 6.32. The lowest BCUT2D eigenvalue weighted by Gasteiger charge is -1.96. The molecule has 0 saturated carbocycles. The maximum Gasteiger partial charge on any atom is 0.349 e. The second kappa shape index (κ2) is 5.19. The number of furan rings is 1. The number of nitrogens with zero attached hydrogens (tertiary/aromatic N) is 4. The van der Waals surface area contributed by atoms with Gasteiger partial charge in [0, 0.05) is 22.9 Å². The summed E-state index contributed by atoms with van der Waals surface area (Å²) in [6, 6.07) is 3.28. The molecule has 0 aliphatic carbocycles. The fourth-order valence-electron chi connectivity index (χ4n) is 2.41. The molecule has 2 aromatic carbocycles. The SMILES string of the molecule is O=[N+]([O-])c1cc2oc3cc([N+](=O)[O-])c([N+](=O)[O-])cc3c2cc1[N+](=O)[O-]. The Balaban J connectivity index is 2.46. The molecule has 0 N–H and O–H groups in total. The monoisotopic (exact) mass is 348 g/mol. The van der Waals surface area contributed by atoms with Crippen LogP contribution in [0.2, 0.25) is 0 Å². The van der Waals surface area contributed by atoms with E-state index in [9.17, 15) is 40.5 Å². The van der Waals surface area contributed by atoms with Crippen LogP contribution in [0.5, 0.6) is 0 Å². The zero-order valence-electron chi connectivity index (χ0n) is 11.8. The Morgan fingerprint density at radius 1 is 0.560 bits per heavy atom. The first kappa shape index (κ1) is 15.7. The highest BCUT2D eigenvalue weighted by Gasteiger charge is 2.30. The second-order valence-corrected chi connectivity index (χ2v) is 4.80. The van der Waals surface area contributed by atoms with Crippen LogP contribution in [0.15, 0.2) is 28.7 Å². The summed E-state index contributed by atoms with van der Waals surface area (Å²) in [6.07, 6.45) is 0. The van der Waals surface area contributed by atoms with Crippen LogP contribution in [0.1, 0.15) is 0 Å². The average molecular weight is 348 g/mol. The maximum atomic E-state index is 11.0. The molecule has 0 fully saturated rings. The van der Waals surface area contributed by atoms with Crippen LogP contribution in [-0.4, -0.2) is 19.7 Å². The van der Waals surface area contributed by atoms with Crippen molar-refractivity contribution in [3.8, 4) is 0 Å². The summed E-state index contributed by atoms with van der Waals surface area (Å²) in [5, 5.41) is 43.9. The quantitative estimate of drug-likeness (QED) is 0.503. The topological polar surface area (TPSA) is 186 Å². The van der Waals surface area contributed by atoms with Gasteiger partial charge in [-0.2, -0.15) is 0 Å². The lowest BCUT2D eigenvalue weighted by Crippen LogP contribution is -1.96. The molecule has 0 radical (unpaired) electrons. The van der Waals surface area contributed by atoms with Gasteiger partial charge >= 0.3 is 22.7 Å². The van der Waals surface area contributed by atoms with Crippen molar-refractivity contribution in [2.24, 2.45) is 0 Å². The van der Waals surface area contributed by atoms with E-state index in [1.807, 2.05) is 0 Å². The van der Waals surface area contributed by atoms with Crippen molar-refractivity contribution in [3.05, 3.63) is 64.7 Å². The number of nitro benzene ring substituents is 4. The lowest BCUT2D eigenvalue weighted by molar-refractivity contribution is -0.422. The standard InChI is InChI=1S/C12H4N4O9/c17-13(18)7-1-5-6-2-8(14(19)20)10(16(23)24)4-12(6)25-11(5)3-9(7)15(21)22/h1-4H. The molecule has 3 aromatic rings. The largest absolute Gasteiger partial charge is 0.456 e. The Hall–Kier alpha value is -4.16.